The molecule has 0 aliphatic carbocycles. The summed E-state index contributed by atoms with van der Waals surface area (Å²) in [7, 11) is 0. The molecule has 110 valence electrons. The van der Waals surface area contributed by atoms with E-state index in [1.807, 2.05) is 54.6 Å². The van der Waals surface area contributed by atoms with Crippen LogP contribution in [0.1, 0.15) is 5.56 Å². The van der Waals surface area contributed by atoms with Gasteiger partial charge in [-0.15, -0.1) is 0 Å². The number of imide groups is 1. The van der Waals surface area contributed by atoms with Gasteiger partial charge in [0.1, 0.15) is 0 Å². The van der Waals surface area contributed by atoms with Crippen molar-refractivity contribution in [3.63, 3.8) is 0 Å². The molecule has 1 aliphatic rings. The van der Waals surface area contributed by atoms with Crippen molar-refractivity contribution in [3.8, 4) is 0 Å². The Balaban J connectivity index is 0.000000283. The van der Waals surface area contributed by atoms with E-state index in [0.717, 1.165) is 12.0 Å². The first-order valence-corrected chi connectivity index (χ1v) is 6.18. The molecule has 2 aromatic carbocycles. The second kappa shape index (κ2) is 8.31. The molecule has 3 nitrogen and oxygen atoms in total. The number of carbonyl (C=O) groups excluding carboxylic acids is 2. The van der Waals surface area contributed by atoms with Gasteiger partial charge in [0.2, 0.25) is 0 Å². The molecule has 3 rings (SSSR count). The van der Waals surface area contributed by atoms with Gasteiger partial charge in [-0.05, 0) is 0 Å². The van der Waals surface area contributed by atoms with Crippen LogP contribution in [0.3, 0.4) is 0 Å². The van der Waals surface area contributed by atoms with Crippen molar-refractivity contribution < 1.29 is 26.7 Å². The van der Waals surface area contributed by atoms with Gasteiger partial charge in [-0.25, -0.2) is 12.1 Å². The average Bonchev–Trinajstić information content (AvgIpc) is 3.13. The van der Waals surface area contributed by atoms with Gasteiger partial charge in [0.25, 0.3) is 11.8 Å². The zero-order valence-electron chi connectivity index (χ0n) is 10.9. The van der Waals surface area contributed by atoms with E-state index >= 15 is 0 Å². The molecule has 0 spiro atoms. The smallest absolute Gasteiger partial charge is 0.253 e. The maximum Gasteiger partial charge on any atom is 0.253 e. The Morgan fingerprint density at radius 2 is 1.35 bits per heavy atom. The van der Waals surface area contributed by atoms with Crippen LogP contribution >= 0.6 is 0 Å². The number of amides is 2. The van der Waals surface area contributed by atoms with Crippen LogP contribution in [0.5, 0.6) is 0 Å². The molecule has 0 radical (unpaired) electrons. The van der Waals surface area contributed by atoms with Gasteiger partial charge in [0, 0.05) is 35.8 Å². The molecule has 2 aromatic rings. The Bertz CT molecular complexity index is 506. The Morgan fingerprint density at radius 1 is 0.900 bits per heavy atom. The fourth-order valence-corrected chi connectivity index (χ4v) is 1.79. The Hall–Kier alpha value is -1.90. The van der Waals surface area contributed by atoms with Crippen molar-refractivity contribution in [1.29, 1.82) is 0 Å². The summed E-state index contributed by atoms with van der Waals surface area (Å²) < 4.78 is 0. The third-order valence-electron chi connectivity index (χ3n) is 2.81. The summed E-state index contributed by atoms with van der Waals surface area (Å²) in [4.78, 5) is 23.6. The van der Waals surface area contributed by atoms with Gasteiger partial charge in [0.15, 0.2) is 0 Å². The molecule has 4 heteroatoms. The first-order valence-electron chi connectivity index (χ1n) is 6.18. The largest absolute Gasteiger partial charge is 0.748 e. The number of hydrogen-bond acceptors (Lipinski definition) is 2. The normalized spacial score (nSPS) is 12.9. The van der Waals surface area contributed by atoms with E-state index in [2.05, 4.69) is 0 Å². The van der Waals surface area contributed by atoms with Crippen molar-refractivity contribution in [3.05, 3.63) is 72.3 Å². The zero-order valence-corrected chi connectivity index (χ0v) is 12.0. The maximum absolute atomic E-state index is 11.2. The quantitative estimate of drug-likeness (QED) is 0.495. The van der Waals surface area contributed by atoms with Crippen LogP contribution in [0.15, 0.2) is 66.7 Å². The van der Waals surface area contributed by atoms with Gasteiger partial charge < -0.3 is 30.3 Å². The average molecular weight is 309 g/mol. The standard InChI is InChI=1S/C11H10NO2.C5H5.Fe/c13-10-5-6-11(14)12(10)8-7-9-3-1-2-4-9;1-2-4-5-3-1;/h1-6H,7-8H2;1-5H;/q-1;-5;. The van der Waals surface area contributed by atoms with E-state index in [1.54, 1.807) is 0 Å². The van der Waals surface area contributed by atoms with Crippen LogP contribution in [-0.2, 0) is 33.1 Å². The van der Waals surface area contributed by atoms with Crippen LogP contribution in [0.2, 0.25) is 0 Å². The van der Waals surface area contributed by atoms with Gasteiger partial charge >= 0.3 is 0 Å². The minimum absolute atomic E-state index is 0. The fraction of sp³-hybridized carbons (Fsp3) is 0.125. The molecule has 0 bridgehead atoms. The Morgan fingerprint density at radius 3 is 1.80 bits per heavy atom. The number of carbonyl (C=O) groups is 2. The molecule has 0 fully saturated rings. The van der Waals surface area contributed by atoms with Crippen LogP contribution in [-0.4, -0.2) is 23.3 Å². The predicted octanol–water partition coefficient (Wildman–Crippen LogP) is 2.28. The molecule has 2 amide bonds. The molecule has 0 saturated carbocycles. The van der Waals surface area contributed by atoms with Crippen LogP contribution in [0.25, 0.3) is 0 Å². The molecule has 0 aromatic heterocycles. The maximum atomic E-state index is 11.2. The molecule has 1 aliphatic heterocycles. The van der Waals surface area contributed by atoms with E-state index in [0.29, 0.717) is 6.54 Å². The monoisotopic (exact) mass is 309 g/mol. The minimum atomic E-state index is -0.207. The first-order chi connectivity index (χ1) is 9.27. The van der Waals surface area contributed by atoms with Gasteiger partial charge in [-0.3, -0.25) is 14.5 Å². The SMILES string of the molecule is O=C1C=CC(=O)N1CC[c-]1cccc1.[Fe].[cH-]1[cH-][cH-][cH-][cH-]1. The van der Waals surface area contributed by atoms with Gasteiger partial charge in [-0.2, -0.15) is 17.7 Å². The summed E-state index contributed by atoms with van der Waals surface area (Å²) in [6.45, 7) is 0.467. The zero-order chi connectivity index (χ0) is 13.5. The molecule has 0 atom stereocenters. The van der Waals surface area contributed by atoms with Crippen LogP contribution in [0, 0.1) is 0 Å². The van der Waals surface area contributed by atoms with E-state index in [4.69, 9.17) is 0 Å². The second-order valence-electron chi connectivity index (χ2n) is 4.17. The number of nitrogens with zero attached hydrogens (tertiary/aromatic N) is 1. The molecule has 0 unspecified atom stereocenters. The minimum Gasteiger partial charge on any atom is -0.748 e. The molecular formula is C16H15FeNO2-6. The van der Waals surface area contributed by atoms with Gasteiger partial charge in [0.05, 0.1) is 0 Å². The summed E-state index contributed by atoms with van der Waals surface area (Å²) in [5.41, 5.74) is 1.15. The topological polar surface area (TPSA) is 37.4 Å². The Labute approximate surface area is 129 Å². The van der Waals surface area contributed by atoms with E-state index < -0.39 is 0 Å². The summed E-state index contributed by atoms with van der Waals surface area (Å²) in [5.74, 6) is -0.414. The summed E-state index contributed by atoms with van der Waals surface area (Å²) in [5, 5.41) is 0. The van der Waals surface area contributed by atoms with E-state index in [9.17, 15) is 9.59 Å². The predicted molar refractivity (Wildman–Crippen MR) is 73.6 cm³/mol. The van der Waals surface area contributed by atoms with Crippen LogP contribution in [0.4, 0.5) is 0 Å². The molecule has 1 heterocycles. The van der Waals surface area contributed by atoms with Crippen molar-refractivity contribution in [2.24, 2.45) is 0 Å². The second-order valence-corrected chi connectivity index (χ2v) is 4.17. The van der Waals surface area contributed by atoms with Crippen molar-refractivity contribution in [1.82, 2.24) is 4.90 Å². The van der Waals surface area contributed by atoms with Crippen LogP contribution < -0.4 is 0 Å². The van der Waals surface area contributed by atoms with Crippen molar-refractivity contribution >= 4 is 11.8 Å². The Kier molecular flexibility index (Phi) is 6.71. The third kappa shape index (κ3) is 4.65. The summed E-state index contributed by atoms with van der Waals surface area (Å²) >= 11 is 0. The fourth-order valence-electron chi connectivity index (χ4n) is 1.79. The number of hydrogen-bond donors (Lipinski definition) is 0. The molecule has 0 saturated heterocycles. The van der Waals surface area contributed by atoms with Crippen molar-refractivity contribution in [2.45, 2.75) is 6.42 Å². The van der Waals surface area contributed by atoms with Crippen molar-refractivity contribution in [2.75, 3.05) is 6.54 Å². The summed E-state index contributed by atoms with van der Waals surface area (Å²) in [6.07, 6.45) is 3.35. The number of rotatable bonds is 3. The first kappa shape index (κ1) is 16.2. The van der Waals surface area contributed by atoms with Gasteiger partial charge in [-0.1, -0.05) is 6.42 Å². The van der Waals surface area contributed by atoms with E-state index in [-0.39, 0.29) is 28.9 Å². The van der Waals surface area contributed by atoms with E-state index in [1.165, 1.54) is 17.1 Å². The molecule has 0 N–H and O–H groups in total. The molecular weight excluding hydrogens is 294 g/mol. The summed E-state index contributed by atoms with van der Waals surface area (Å²) in [6, 6.07) is 17.9. The molecule has 20 heavy (non-hydrogen) atoms. The third-order valence-corrected chi connectivity index (χ3v) is 2.81.